The molecule has 3 aromatic rings. The molecule has 0 aromatic heterocycles. The fourth-order valence-electron chi connectivity index (χ4n) is 5.81. The van der Waals surface area contributed by atoms with Crippen LogP contribution in [-0.4, -0.2) is 84.5 Å². The Morgan fingerprint density at radius 3 is 1.98 bits per heavy atom. The van der Waals surface area contributed by atoms with Gasteiger partial charge in [-0.25, -0.2) is 9.59 Å². The summed E-state index contributed by atoms with van der Waals surface area (Å²) >= 11 is 0. The lowest BCUT2D eigenvalue weighted by atomic mass is 10.0. The summed E-state index contributed by atoms with van der Waals surface area (Å²) < 4.78 is 90.4. The molecular formula is C38H45F6N5O6. The molecule has 4 atom stereocenters. The van der Waals surface area contributed by atoms with Crippen LogP contribution >= 0.6 is 0 Å². The van der Waals surface area contributed by atoms with Gasteiger partial charge in [-0.3, -0.25) is 4.79 Å². The first-order valence-corrected chi connectivity index (χ1v) is 17.6. The number of alkyl halides is 6. The van der Waals surface area contributed by atoms with E-state index in [9.17, 15) is 45.8 Å². The van der Waals surface area contributed by atoms with Crippen LogP contribution in [0, 0.1) is 5.92 Å². The predicted octanol–water partition coefficient (Wildman–Crippen LogP) is 8.33. The van der Waals surface area contributed by atoms with Gasteiger partial charge in [0.05, 0.1) is 41.5 Å². The molecule has 0 bridgehead atoms. The van der Waals surface area contributed by atoms with Crippen molar-refractivity contribution < 1.29 is 55.3 Å². The maximum Gasteiger partial charge on any atom is 0.416 e. The van der Waals surface area contributed by atoms with Crippen LogP contribution in [0.2, 0.25) is 0 Å². The average Bonchev–Trinajstić information content (AvgIpc) is 3.12. The van der Waals surface area contributed by atoms with Crippen molar-refractivity contribution in [3.05, 3.63) is 83.4 Å². The zero-order valence-electron chi connectivity index (χ0n) is 30.8. The molecule has 300 valence electrons. The molecule has 4 rings (SSSR count). The summed E-state index contributed by atoms with van der Waals surface area (Å²) in [5, 5.41) is 17.8. The first-order valence-electron chi connectivity index (χ1n) is 17.6. The smallest absolute Gasteiger partial charge is 0.416 e. The van der Waals surface area contributed by atoms with Crippen molar-refractivity contribution in [2.75, 3.05) is 49.3 Å². The summed E-state index contributed by atoms with van der Waals surface area (Å²) in [4.78, 5) is 43.1. The zero-order valence-corrected chi connectivity index (χ0v) is 30.8. The van der Waals surface area contributed by atoms with E-state index in [-0.39, 0.29) is 47.6 Å². The Hall–Kier alpha value is -5.03. The van der Waals surface area contributed by atoms with Crippen molar-refractivity contribution in [3.63, 3.8) is 0 Å². The molecule has 4 N–H and O–H groups in total. The molecule has 3 aromatic carbocycles. The van der Waals surface area contributed by atoms with E-state index in [2.05, 4.69) is 16.0 Å². The summed E-state index contributed by atoms with van der Waals surface area (Å²) in [5.41, 5.74) is -1.20. The molecule has 0 saturated carbocycles. The molecule has 1 aliphatic rings. The van der Waals surface area contributed by atoms with E-state index in [4.69, 9.17) is 9.47 Å². The van der Waals surface area contributed by atoms with Crippen LogP contribution < -0.4 is 20.7 Å². The lowest BCUT2D eigenvalue weighted by Gasteiger charge is -2.35. The van der Waals surface area contributed by atoms with Gasteiger partial charge in [0.2, 0.25) is 0 Å². The van der Waals surface area contributed by atoms with Crippen molar-refractivity contribution in [1.82, 2.24) is 9.80 Å². The predicted molar refractivity (Wildman–Crippen MR) is 194 cm³/mol. The van der Waals surface area contributed by atoms with Crippen LogP contribution in [-0.2, 0) is 17.1 Å². The molecule has 17 heteroatoms. The Balaban J connectivity index is 1.54. The van der Waals surface area contributed by atoms with Gasteiger partial charge < -0.3 is 40.3 Å². The Bertz CT molecular complexity index is 1760. The van der Waals surface area contributed by atoms with E-state index in [1.54, 1.807) is 6.92 Å². The summed E-state index contributed by atoms with van der Waals surface area (Å²) in [5.74, 6) is -0.716. The van der Waals surface area contributed by atoms with Crippen molar-refractivity contribution in [2.24, 2.45) is 5.92 Å². The maximum atomic E-state index is 14.4. The normalized spacial score (nSPS) is 19.3. The van der Waals surface area contributed by atoms with Crippen LogP contribution in [0.3, 0.4) is 0 Å². The molecular weight excluding hydrogens is 736 g/mol. The van der Waals surface area contributed by atoms with E-state index in [0.29, 0.717) is 25.9 Å². The highest BCUT2D eigenvalue weighted by Gasteiger charge is 2.33. The molecule has 0 fully saturated rings. The summed E-state index contributed by atoms with van der Waals surface area (Å²) in [7, 11) is 1.51. The number of carbonyl (C=O) groups is 3. The number of benzene rings is 3. The molecule has 0 saturated heterocycles. The van der Waals surface area contributed by atoms with Gasteiger partial charge in [-0.2, -0.15) is 26.3 Å². The highest BCUT2D eigenvalue weighted by atomic mass is 19.4. The number of ether oxygens (including phenoxy) is 2. The highest BCUT2D eigenvalue weighted by Crippen LogP contribution is 2.32. The molecule has 0 aliphatic carbocycles. The third-order valence-corrected chi connectivity index (χ3v) is 9.04. The number of nitrogens with one attached hydrogen (secondary N) is 3. The second kappa shape index (κ2) is 18.5. The number of fused-ring (bicyclic) bond motifs is 1. The topological polar surface area (TPSA) is 132 Å². The van der Waals surface area contributed by atoms with Gasteiger partial charge in [-0.05, 0) is 99.8 Å². The number of nitrogens with zero attached hydrogens (tertiary/aromatic N) is 2. The Morgan fingerprint density at radius 2 is 1.42 bits per heavy atom. The summed E-state index contributed by atoms with van der Waals surface area (Å²) in [6.07, 6.45) is -8.06. The molecule has 0 radical (unpaired) electrons. The number of aliphatic hydroxyl groups is 1. The van der Waals surface area contributed by atoms with Crippen LogP contribution in [0.1, 0.15) is 61.5 Å². The standard InChI is InChI=1S/C38H45F6N5O6/c1-23-20-49(24(2)22-50)34(51)31-19-30(46-35(52)45-28-12-8-26(9-13-28)37(39,40)41)16-17-32(31)55-25(3)7-5-6-18-54-33(23)21-48(4)36(53)47-29-14-10-27(11-15-29)38(42,43)44/h8-17,19,23-25,33,50H,5-7,18,20-22H2,1-4H3,(H,47,53)(H2,45,46,52)/t23-,24+,25-,33+/m0/s1. The van der Waals surface area contributed by atoms with Gasteiger partial charge in [0, 0.05) is 49.7 Å². The number of carbonyl (C=O) groups excluding carboxylic acids is 3. The van der Waals surface area contributed by atoms with Gasteiger partial charge in [-0.15, -0.1) is 0 Å². The van der Waals surface area contributed by atoms with Gasteiger partial charge in [-0.1, -0.05) is 6.92 Å². The first-order chi connectivity index (χ1) is 25.8. The maximum absolute atomic E-state index is 14.4. The number of amides is 5. The van der Waals surface area contributed by atoms with Crippen LogP contribution in [0.25, 0.3) is 0 Å². The SMILES string of the molecule is C[C@H](CO)N1C[C@H](C)[C@@H](CN(C)C(=O)Nc2ccc(C(F)(F)F)cc2)OCCCC[C@H](C)Oc2ccc(NC(=O)Nc3ccc(C(F)(F)F)cc3)cc2C1=O. The number of rotatable bonds is 7. The number of likely N-dealkylation sites (N-methyl/N-ethyl adjacent to an activating group) is 1. The van der Waals surface area contributed by atoms with Crippen molar-refractivity contribution in [3.8, 4) is 5.75 Å². The lowest BCUT2D eigenvalue weighted by molar-refractivity contribution is -0.138. The largest absolute Gasteiger partial charge is 0.490 e. The number of anilines is 3. The number of hydrogen-bond donors (Lipinski definition) is 4. The quantitative estimate of drug-likeness (QED) is 0.178. The molecule has 11 nitrogen and oxygen atoms in total. The number of hydrogen-bond acceptors (Lipinski definition) is 6. The summed E-state index contributed by atoms with van der Waals surface area (Å²) in [6, 6.07) is 10.3. The van der Waals surface area contributed by atoms with Crippen LogP contribution in [0.15, 0.2) is 66.7 Å². The van der Waals surface area contributed by atoms with E-state index >= 15 is 0 Å². The minimum Gasteiger partial charge on any atom is -0.490 e. The van der Waals surface area contributed by atoms with Crippen molar-refractivity contribution in [2.45, 2.75) is 70.6 Å². The minimum atomic E-state index is -4.54. The molecule has 0 unspecified atom stereocenters. The average molecular weight is 782 g/mol. The van der Waals surface area contributed by atoms with Crippen molar-refractivity contribution >= 4 is 35.0 Å². The Kier molecular flexibility index (Phi) is 14.4. The first kappa shape index (κ1) is 42.7. The second-order valence-corrected chi connectivity index (χ2v) is 13.6. The van der Waals surface area contributed by atoms with Gasteiger partial charge >= 0.3 is 24.4 Å². The number of urea groups is 2. The highest BCUT2D eigenvalue weighted by molar-refractivity contribution is 6.02. The third kappa shape index (κ3) is 12.2. The van der Waals surface area contributed by atoms with Gasteiger partial charge in [0.25, 0.3) is 5.91 Å². The van der Waals surface area contributed by atoms with Crippen molar-refractivity contribution in [1.29, 1.82) is 0 Å². The number of halogens is 6. The second-order valence-electron chi connectivity index (χ2n) is 13.6. The Labute approximate surface area is 315 Å². The van der Waals surface area contributed by atoms with Gasteiger partial charge in [0.15, 0.2) is 0 Å². The molecule has 1 heterocycles. The lowest BCUT2D eigenvalue weighted by Crippen LogP contribution is -2.48. The van der Waals surface area contributed by atoms with Gasteiger partial charge in [0.1, 0.15) is 5.75 Å². The minimum absolute atomic E-state index is 0.0562. The zero-order chi connectivity index (χ0) is 40.5. The molecule has 1 aliphatic heterocycles. The Morgan fingerprint density at radius 1 is 0.873 bits per heavy atom. The van der Waals surface area contributed by atoms with E-state index < -0.39 is 66.1 Å². The van der Waals surface area contributed by atoms with Crippen LogP contribution in [0.5, 0.6) is 5.75 Å². The fraction of sp³-hybridized carbons (Fsp3) is 0.447. The van der Waals surface area contributed by atoms with E-state index in [1.165, 1.54) is 35.0 Å². The van der Waals surface area contributed by atoms with E-state index in [0.717, 1.165) is 48.5 Å². The van der Waals surface area contributed by atoms with E-state index in [1.807, 2.05) is 13.8 Å². The monoisotopic (exact) mass is 781 g/mol. The molecule has 5 amide bonds. The molecule has 55 heavy (non-hydrogen) atoms. The number of aliphatic hydroxyl groups excluding tert-OH is 1. The fourth-order valence-corrected chi connectivity index (χ4v) is 5.81. The molecule has 0 spiro atoms. The summed E-state index contributed by atoms with van der Waals surface area (Å²) in [6.45, 7) is 5.36. The third-order valence-electron chi connectivity index (χ3n) is 9.04. The van der Waals surface area contributed by atoms with Crippen LogP contribution in [0.4, 0.5) is 53.0 Å².